The summed E-state index contributed by atoms with van der Waals surface area (Å²) in [5, 5.41) is 4.38. The Bertz CT molecular complexity index is 1270. The minimum absolute atomic E-state index is 0.275. The molecule has 4 aromatic rings. The number of ether oxygens (including phenoxy) is 1. The molecule has 138 valence electrons. The van der Waals surface area contributed by atoms with Crippen LogP contribution in [0.4, 0.5) is 11.4 Å². The van der Waals surface area contributed by atoms with Crippen molar-refractivity contribution < 1.29 is 9.15 Å². The lowest BCUT2D eigenvalue weighted by Gasteiger charge is -2.30. The molecule has 0 amide bonds. The summed E-state index contributed by atoms with van der Waals surface area (Å²) in [5.74, 6) is 0.475. The molecule has 0 fully saturated rings. The van der Waals surface area contributed by atoms with Crippen molar-refractivity contribution in [2.24, 2.45) is 0 Å². The van der Waals surface area contributed by atoms with Gasteiger partial charge in [0.1, 0.15) is 11.3 Å². The van der Waals surface area contributed by atoms with Crippen molar-refractivity contribution in [1.29, 1.82) is 0 Å². The number of benzene rings is 3. The van der Waals surface area contributed by atoms with Gasteiger partial charge in [0, 0.05) is 22.6 Å². The van der Waals surface area contributed by atoms with E-state index in [2.05, 4.69) is 30.4 Å². The van der Waals surface area contributed by atoms with Gasteiger partial charge in [-0.3, -0.25) is 0 Å². The van der Waals surface area contributed by atoms with Crippen molar-refractivity contribution in [3.63, 3.8) is 0 Å². The van der Waals surface area contributed by atoms with Crippen molar-refractivity contribution >= 4 is 22.3 Å². The van der Waals surface area contributed by atoms with E-state index in [9.17, 15) is 4.79 Å². The van der Waals surface area contributed by atoms with Crippen LogP contribution in [0.25, 0.3) is 11.0 Å². The SMILES string of the molecule is COc1ccccc1C1c2cc(C)ccc2Nc2c1c(=O)oc1ccccc21. The highest BCUT2D eigenvalue weighted by molar-refractivity contribution is 5.96. The van der Waals surface area contributed by atoms with Gasteiger partial charge in [0.2, 0.25) is 0 Å². The van der Waals surface area contributed by atoms with Crippen LogP contribution in [0, 0.1) is 6.92 Å². The summed E-state index contributed by atoms with van der Waals surface area (Å²) in [6.45, 7) is 2.05. The zero-order valence-corrected chi connectivity index (χ0v) is 15.7. The molecular weight excluding hydrogens is 350 g/mol. The zero-order valence-electron chi connectivity index (χ0n) is 15.7. The van der Waals surface area contributed by atoms with E-state index in [4.69, 9.17) is 9.15 Å². The molecule has 1 unspecified atom stereocenters. The quantitative estimate of drug-likeness (QED) is 0.426. The van der Waals surface area contributed by atoms with Crippen LogP contribution < -0.4 is 15.7 Å². The van der Waals surface area contributed by atoms with E-state index in [1.807, 2.05) is 48.5 Å². The summed E-state index contributed by atoms with van der Waals surface area (Å²) in [6, 6.07) is 21.7. The Kier molecular flexibility index (Phi) is 3.72. The molecular formula is C24H19NO3. The molecule has 1 aliphatic rings. The highest BCUT2D eigenvalue weighted by atomic mass is 16.5. The third kappa shape index (κ3) is 2.42. The molecule has 1 N–H and O–H groups in total. The first-order valence-corrected chi connectivity index (χ1v) is 9.23. The van der Waals surface area contributed by atoms with Crippen molar-refractivity contribution in [2.45, 2.75) is 12.8 Å². The fourth-order valence-electron chi connectivity index (χ4n) is 4.11. The Morgan fingerprint density at radius 1 is 0.964 bits per heavy atom. The molecule has 4 nitrogen and oxygen atoms in total. The normalized spacial score (nSPS) is 14.9. The fraction of sp³-hybridized carbons (Fsp3) is 0.125. The average Bonchev–Trinajstić information content (AvgIpc) is 2.72. The first-order valence-electron chi connectivity index (χ1n) is 9.23. The van der Waals surface area contributed by atoms with E-state index in [-0.39, 0.29) is 11.5 Å². The minimum atomic E-state index is -0.329. The molecule has 1 aromatic heterocycles. The molecule has 0 saturated heterocycles. The van der Waals surface area contributed by atoms with Crippen LogP contribution in [0.3, 0.4) is 0 Å². The maximum absolute atomic E-state index is 13.1. The lowest BCUT2D eigenvalue weighted by Crippen LogP contribution is -2.23. The van der Waals surface area contributed by atoms with Gasteiger partial charge in [0.25, 0.3) is 0 Å². The number of hydrogen-bond acceptors (Lipinski definition) is 4. The van der Waals surface area contributed by atoms with E-state index < -0.39 is 0 Å². The van der Waals surface area contributed by atoms with E-state index >= 15 is 0 Å². The topological polar surface area (TPSA) is 51.5 Å². The molecule has 3 aromatic carbocycles. The Morgan fingerprint density at radius 2 is 1.75 bits per heavy atom. The minimum Gasteiger partial charge on any atom is -0.496 e. The lowest BCUT2D eigenvalue weighted by molar-refractivity contribution is 0.408. The van der Waals surface area contributed by atoms with Crippen molar-refractivity contribution in [1.82, 2.24) is 0 Å². The fourth-order valence-corrected chi connectivity index (χ4v) is 4.11. The molecule has 0 spiro atoms. The molecule has 5 rings (SSSR count). The van der Waals surface area contributed by atoms with Crippen LogP contribution in [0.2, 0.25) is 0 Å². The lowest BCUT2D eigenvalue weighted by atomic mass is 9.80. The third-order valence-electron chi connectivity index (χ3n) is 5.36. The van der Waals surface area contributed by atoms with Gasteiger partial charge in [-0.2, -0.15) is 0 Å². The first-order chi connectivity index (χ1) is 13.7. The summed E-state index contributed by atoms with van der Waals surface area (Å²) < 4.78 is 11.3. The predicted octanol–water partition coefficient (Wildman–Crippen LogP) is 5.35. The number of rotatable bonds is 2. The van der Waals surface area contributed by atoms with Gasteiger partial charge in [0.15, 0.2) is 0 Å². The highest BCUT2D eigenvalue weighted by Gasteiger charge is 2.33. The van der Waals surface area contributed by atoms with E-state index in [0.29, 0.717) is 11.1 Å². The molecule has 0 aliphatic carbocycles. The number of nitrogens with one attached hydrogen (secondary N) is 1. The van der Waals surface area contributed by atoms with Gasteiger partial charge in [-0.1, -0.05) is 48.0 Å². The van der Waals surface area contributed by atoms with Crippen LogP contribution >= 0.6 is 0 Å². The second kappa shape index (κ2) is 6.27. The Hall–Kier alpha value is -3.53. The van der Waals surface area contributed by atoms with Gasteiger partial charge < -0.3 is 14.5 Å². The van der Waals surface area contributed by atoms with Crippen LogP contribution in [-0.2, 0) is 0 Å². The monoisotopic (exact) mass is 369 g/mol. The molecule has 0 radical (unpaired) electrons. The number of fused-ring (bicyclic) bond motifs is 4. The van der Waals surface area contributed by atoms with E-state index in [1.165, 1.54) is 0 Å². The second-order valence-electron chi connectivity index (χ2n) is 7.07. The number of anilines is 2. The number of methoxy groups -OCH3 is 1. The average molecular weight is 369 g/mol. The van der Waals surface area contributed by atoms with Crippen LogP contribution in [0.15, 0.2) is 75.9 Å². The number of hydrogen-bond donors (Lipinski definition) is 1. The van der Waals surface area contributed by atoms with Crippen LogP contribution in [0.1, 0.15) is 28.2 Å². The molecule has 4 heteroatoms. The van der Waals surface area contributed by atoms with Crippen molar-refractivity contribution in [3.8, 4) is 5.75 Å². The highest BCUT2D eigenvalue weighted by Crippen LogP contribution is 2.47. The molecule has 0 saturated carbocycles. The summed E-state index contributed by atoms with van der Waals surface area (Å²) >= 11 is 0. The Labute approximate surface area is 162 Å². The number of para-hydroxylation sites is 2. The van der Waals surface area contributed by atoms with E-state index in [0.717, 1.165) is 39.2 Å². The maximum atomic E-state index is 13.1. The van der Waals surface area contributed by atoms with E-state index in [1.54, 1.807) is 7.11 Å². The van der Waals surface area contributed by atoms with Crippen LogP contribution in [-0.4, -0.2) is 7.11 Å². The molecule has 28 heavy (non-hydrogen) atoms. The first kappa shape index (κ1) is 16.6. The summed E-state index contributed by atoms with van der Waals surface area (Å²) in [5.41, 5.74) is 5.78. The molecule has 1 aliphatic heterocycles. The molecule has 0 bridgehead atoms. The Balaban J connectivity index is 1.90. The third-order valence-corrected chi connectivity index (χ3v) is 5.36. The Morgan fingerprint density at radius 3 is 2.61 bits per heavy atom. The zero-order chi connectivity index (χ0) is 19.3. The molecule has 1 atom stereocenters. The van der Waals surface area contributed by atoms with Crippen molar-refractivity contribution in [3.05, 3.63) is 99.4 Å². The summed E-state index contributed by atoms with van der Waals surface area (Å²) in [4.78, 5) is 13.1. The van der Waals surface area contributed by atoms with Gasteiger partial charge in [-0.25, -0.2) is 4.79 Å². The predicted molar refractivity (Wildman–Crippen MR) is 111 cm³/mol. The maximum Gasteiger partial charge on any atom is 0.342 e. The smallest absolute Gasteiger partial charge is 0.342 e. The summed E-state index contributed by atoms with van der Waals surface area (Å²) in [6.07, 6.45) is 0. The van der Waals surface area contributed by atoms with Crippen molar-refractivity contribution in [2.75, 3.05) is 12.4 Å². The largest absolute Gasteiger partial charge is 0.496 e. The van der Waals surface area contributed by atoms with Gasteiger partial charge in [0.05, 0.1) is 18.4 Å². The van der Waals surface area contributed by atoms with Gasteiger partial charge in [-0.15, -0.1) is 0 Å². The molecule has 2 heterocycles. The van der Waals surface area contributed by atoms with Gasteiger partial charge in [-0.05, 0) is 36.8 Å². The second-order valence-corrected chi connectivity index (χ2v) is 7.07. The van der Waals surface area contributed by atoms with Gasteiger partial charge >= 0.3 is 5.63 Å². The van der Waals surface area contributed by atoms with Crippen LogP contribution in [0.5, 0.6) is 5.75 Å². The standard InChI is InChI=1S/C24H19NO3/c1-14-11-12-18-17(13-14)21(15-7-3-5-9-19(15)27-2)22-23(25-18)16-8-4-6-10-20(16)28-24(22)26/h3-13,21,25H,1-2H3. The number of aryl methyl sites for hydroxylation is 1. The summed E-state index contributed by atoms with van der Waals surface area (Å²) in [7, 11) is 1.65.